The normalized spacial score (nSPS) is 12.4. The molecule has 24 heavy (non-hydrogen) atoms. The third kappa shape index (κ3) is 3.39. The molecular weight excluding hydrogens is 298 g/mol. The van der Waals surface area contributed by atoms with Crippen LogP contribution in [0.25, 0.3) is 10.9 Å². The van der Waals surface area contributed by atoms with Crippen LogP contribution in [0.2, 0.25) is 0 Å². The first-order chi connectivity index (χ1) is 11.7. The van der Waals surface area contributed by atoms with Gasteiger partial charge in [-0.05, 0) is 37.1 Å². The first kappa shape index (κ1) is 16.4. The van der Waals surface area contributed by atoms with Crippen molar-refractivity contribution in [1.82, 2.24) is 14.9 Å². The number of aromatic nitrogens is 2. The number of hydrogen-bond acceptors (Lipinski definition) is 3. The van der Waals surface area contributed by atoms with Crippen molar-refractivity contribution in [2.24, 2.45) is 7.05 Å². The Hall–Kier alpha value is -2.46. The van der Waals surface area contributed by atoms with Gasteiger partial charge in [-0.2, -0.15) is 0 Å². The van der Waals surface area contributed by atoms with Crippen molar-refractivity contribution in [3.63, 3.8) is 0 Å². The Bertz CT molecular complexity index is 871. The molecule has 0 radical (unpaired) electrons. The molecule has 1 N–H and O–H groups in total. The van der Waals surface area contributed by atoms with Gasteiger partial charge in [-0.25, -0.2) is 4.98 Å². The van der Waals surface area contributed by atoms with Gasteiger partial charge >= 0.3 is 0 Å². The van der Waals surface area contributed by atoms with E-state index in [9.17, 15) is 4.79 Å². The van der Waals surface area contributed by atoms with E-state index in [1.54, 1.807) is 11.6 Å². The largest absolute Gasteiger partial charge is 0.307 e. The number of nitrogens with zero attached hydrogens (tertiary/aromatic N) is 2. The summed E-state index contributed by atoms with van der Waals surface area (Å²) in [6.07, 6.45) is 1.84. The van der Waals surface area contributed by atoms with Crippen molar-refractivity contribution >= 4 is 10.9 Å². The van der Waals surface area contributed by atoms with Gasteiger partial charge in [0, 0.05) is 7.05 Å². The van der Waals surface area contributed by atoms with Crippen LogP contribution in [-0.2, 0) is 13.5 Å². The fourth-order valence-corrected chi connectivity index (χ4v) is 3.00. The molecule has 1 atom stereocenters. The number of benzene rings is 2. The highest BCUT2D eigenvalue weighted by molar-refractivity contribution is 5.77. The Morgan fingerprint density at radius 3 is 2.54 bits per heavy atom. The highest BCUT2D eigenvalue weighted by Crippen LogP contribution is 2.16. The second-order valence-corrected chi connectivity index (χ2v) is 6.00. The number of fused-ring (bicyclic) bond motifs is 1. The van der Waals surface area contributed by atoms with Crippen LogP contribution in [-0.4, -0.2) is 16.1 Å². The predicted molar refractivity (Wildman–Crippen MR) is 98.2 cm³/mol. The van der Waals surface area contributed by atoms with Crippen molar-refractivity contribution in [3.05, 3.63) is 76.3 Å². The molecule has 0 amide bonds. The van der Waals surface area contributed by atoms with E-state index >= 15 is 0 Å². The summed E-state index contributed by atoms with van der Waals surface area (Å²) in [6.45, 7) is 2.97. The van der Waals surface area contributed by atoms with Gasteiger partial charge in [-0.3, -0.25) is 9.36 Å². The molecule has 1 unspecified atom stereocenters. The highest BCUT2D eigenvalue weighted by Gasteiger charge is 2.16. The molecule has 2 aromatic carbocycles. The molecule has 124 valence electrons. The number of para-hydroxylation sites is 1. The Labute approximate surface area is 142 Å². The quantitative estimate of drug-likeness (QED) is 0.758. The van der Waals surface area contributed by atoms with Crippen LogP contribution in [0.4, 0.5) is 0 Å². The minimum absolute atomic E-state index is 0.0129. The molecule has 0 saturated heterocycles. The summed E-state index contributed by atoms with van der Waals surface area (Å²) in [4.78, 5) is 17.3. The summed E-state index contributed by atoms with van der Waals surface area (Å²) < 4.78 is 1.67. The average molecular weight is 321 g/mol. The van der Waals surface area contributed by atoms with Crippen LogP contribution in [0.15, 0.2) is 59.4 Å². The lowest BCUT2D eigenvalue weighted by molar-refractivity contribution is 0.477. The van der Waals surface area contributed by atoms with Crippen LogP contribution in [0, 0.1) is 0 Å². The summed E-state index contributed by atoms with van der Waals surface area (Å²) >= 11 is 0. The van der Waals surface area contributed by atoms with Crippen LogP contribution in [0.3, 0.4) is 0 Å². The fraction of sp³-hybridized carbons (Fsp3) is 0.300. The van der Waals surface area contributed by atoms with Gasteiger partial charge in [-0.1, -0.05) is 49.4 Å². The highest BCUT2D eigenvalue weighted by atomic mass is 16.1. The number of hydrogen-bond donors (Lipinski definition) is 1. The zero-order chi connectivity index (χ0) is 16.9. The molecular formula is C20H23N3O. The smallest absolute Gasteiger partial charge is 0.261 e. The molecule has 1 aromatic heterocycles. The third-order valence-electron chi connectivity index (χ3n) is 4.38. The summed E-state index contributed by atoms with van der Waals surface area (Å²) in [5, 5.41) is 4.21. The van der Waals surface area contributed by atoms with Crippen molar-refractivity contribution in [2.75, 3.05) is 6.54 Å². The lowest BCUT2D eigenvalue weighted by Crippen LogP contribution is -2.31. The number of rotatable bonds is 6. The first-order valence-electron chi connectivity index (χ1n) is 8.43. The maximum atomic E-state index is 12.6. The molecule has 0 aliphatic rings. The van der Waals surface area contributed by atoms with E-state index < -0.39 is 0 Å². The molecule has 0 saturated carbocycles. The van der Waals surface area contributed by atoms with E-state index in [4.69, 9.17) is 4.98 Å². The van der Waals surface area contributed by atoms with Gasteiger partial charge in [0.1, 0.15) is 5.82 Å². The van der Waals surface area contributed by atoms with Gasteiger partial charge < -0.3 is 5.32 Å². The lowest BCUT2D eigenvalue weighted by atomic mass is 10.1. The van der Waals surface area contributed by atoms with E-state index in [-0.39, 0.29) is 11.6 Å². The SMILES string of the molecule is CCC(NCCc1ccccc1)c1nc2ccccc2c(=O)n1C. The second-order valence-electron chi connectivity index (χ2n) is 6.00. The molecule has 4 heteroatoms. The van der Waals surface area contributed by atoms with Crippen LogP contribution in [0.5, 0.6) is 0 Å². The monoisotopic (exact) mass is 321 g/mol. The molecule has 3 rings (SSSR count). The standard InChI is InChI=1S/C20H23N3O/c1-3-17(21-14-13-15-9-5-4-6-10-15)19-22-18-12-8-7-11-16(18)20(24)23(19)2/h4-12,17,21H,3,13-14H2,1-2H3. The van der Waals surface area contributed by atoms with Crippen molar-refractivity contribution in [2.45, 2.75) is 25.8 Å². The topological polar surface area (TPSA) is 46.9 Å². The Balaban J connectivity index is 1.81. The zero-order valence-corrected chi connectivity index (χ0v) is 14.2. The van der Waals surface area contributed by atoms with Gasteiger partial charge in [0.2, 0.25) is 0 Å². The molecule has 3 aromatic rings. The van der Waals surface area contributed by atoms with E-state index in [1.165, 1.54) is 5.56 Å². The first-order valence-corrected chi connectivity index (χ1v) is 8.43. The fourth-order valence-electron chi connectivity index (χ4n) is 3.00. The molecule has 0 aliphatic heterocycles. The summed E-state index contributed by atoms with van der Waals surface area (Å²) in [5.74, 6) is 0.800. The molecule has 0 bridgehead atoms. The summed E-state index contributed by atoms with van der Waals surface area (Å²) in [7, 11) is 1.80. The Morgan fingerprint density at radius 2 is 1.79 bits per heavy atom. The van der Waals surface area contributed by atoms with Crippen molar-refractivity contribution < 1.29 is 0 Å². The summed E-state index contributed by atoms with van der Waals surface area (Å²) in [5.41, 5.74) is 2.08. The van der Waals surface area contributed by atoms with Crippen molar-refractivity contribution in [1.29, 1.82) is 0 Å². The zero-order valence-electron chi connectivity index (χ0n) is 14.2. The van der Waals surface area contributed by atoms with Gasteiger partial charge in [-0.15, -0.1) is 0 Å². The van der Waals surface area contributed by atoms with E-state index in [0.717, 1.165) is 30.7 Å². The van der Waals surface area contributed by atoms with Crippen LogP contribution < -0.4 is 10.9 Å². The minimum atomic E-state index is 0.0129. The van der Waals surface area contributed by atoms with Gasteiger partial charge in [0.25, 0.3) is 5.56 Å². The Morgan fingerprint density at radius 1 is 1.08 bits per heavy atom. The molecule has 4 nitrogen and oxygen atoms in total. The second kappa shape index (κ2) is 7.41. The maximum Gasteiger partial charge on any atom is 0.261 e. The molecule has 0 fully saturated rings. The molecule has 0 spiro atoms. The maximum absolute atomic E-state index is 12.6. The molecule has 0 aliphatic carbocycles. The van der Waals surface area contributed by atoms with Gasteiger partial charge in [0.15, 0.2) is 0 Å². The molecule has 1 heterocycles. The van der Waals surface area contributed by atoms with Crippen LogP contribution in [0.1, 0.15) is 30.8 Å². The van der Waals surface area contributed by atoms with Gasteiger partial charge in [0.05, 0.1) is 16.9 Å². The minimum Gasteiger partial charge on any atom is -0.307 e. The number of nitrogens with one attached hydrogen (secondary N) is 1. The summed E-state index contributed by atoms with van der Waals surface area (Å²) in [6, 6.07) is 18.0. The van der Waals surface area contributed by atoms with Crippen molar-refractivity contribution in [3.8, 4) is 0 Å². The van der Waals surface area contributed by atoms with E-state index in [2.05, 4.69) is 36.5 Å². The third-order valence-corrected chi connectivity index (χ3v) is 4.38. The van der Waals surface area contributed by atoms with E-state index in [1.807, 2.05) is 30.3 Å². The lowest BCUT2D eigenvalue weighted by Gasteiger charge is -2.19. The Kier molecular flexibility index (Phi) is 5.06. The van der Waals surface area contributed by atoms with Crippen LogP contribution >= 0.6 is 0 Å². The predicted octanol–water partition coefficient (Wildman–Crippen LogP) is 3.22. The van der Waals surface area contributed by atoms with E-state index in [0.29, 0.717) is 5.39 Å². The average Bonchev–Trinajstić information content (AvgIpc) is 2.63.